The van der Waals surface area contributed by atoms with Crippen LogP contribution in [0.25, 0.3) is 6.08 Å². The van der Waals surface area contributed by atoms with E-state index < -0.39 is 0 Å². The summed E-state index contributed by atoms with van der Waals surface area (Å²) in [6.45, 7) is 1.62. The van der Waals surface area contributed by atoms with E-state index in [1.54, 1.807) is 6.08 Å². The Morgan fingerprint density at radius 3 is 2.35 bits per heavy atom. The fourth-order valence-electron chi connectivity index (χ4n) is 2.97. The van der Waals surface area contributed by atoms with E-state index in [1.807, 2.05) is 48.5 Å². The van der Waals surface area contributed by atoms with Crippen molar-refractivity contribution >= 4 is 29.3 Å². The minimum atomic E-state index is -0.189. The fraction of sp³-hybridized carbons (Fsp3) is 0.273. The van der Waals surface area contributed by atoms with Crippen LogP contribution in [0.5, 0.6) is 0 Å². The maximum atomic E-state index is 12.2. The van der Waals surface area contributed by atoms with E-state index in [9.17, 15) is 4.79 Å². The first-order chi connectivity index (χ1) is 12.7. The predicted octanol–water partition coefficient (Wildman–Crippen LogP) is 4.40. The Bertz CT molecular complexity index is 754. The van der Waals surface area contributed by atoms with Gasteiger partial charge >= 0.3 is 0 Å². The molecule has 3 rings (SSSR count). The summed E-state index contributed by atoms with van der Waals surface area (Å²) in [5, 5.41) is 3.36. The predicted molar refractivity (Wildman–Crippen MR) is 110 cm³/mol. The lowest BCUT2D eigenvalue weighted by atomic mass is 9.85. The summed E-state index contributed by atoms with van der Waals surface area (Å²) in [6, 6.07) is 20.0. The number of benzene rings is 2. The van der Waals surface area contributed by atoms with Crippen LogP contribution in [-0.4, -0.2) is 22.5 Å². The van der Waals surface area contributed by atoms with Gasteiger partial charge in [-0.15, -0.1) is 0 Å². The highest BCUT2D eigenvalue weighted by atomic mass is 32.1. The molecule has 0 aromatic heterocycles. The highest BCUT2D eigenvalue weighted by Gasteiger charge is 2.22. The van der Waals surface area contributed by atoms with Crippen molar-refractivity contribution in [2.75, 3.05) is 6.54 Å². The number of nitrogens with one attached hydrogen (secondary N) is 1. The summed E-state index contributed by atoms with van der Waals surface area (Å²) >= 11 is 5.53. The van der Waals surface area contributed by atoms with Gasteiger partial charge in [-0.3, -0.25) is 10.1 Å². The molecule has 134 valence electrons. The second kappa shape index (κ2) is 9.30. The summed E-state index contributed by atoms with van der Waals surface area (Å²) in [5.74, 6) is 0.485. The molecule has 0 unspecified atom stereocenters. The standard InChI is InChI=1S/C22H24N2OS/c25-21(15-14-18-8-3-1-4-9-18)23-22(26)24(17-20-12-7-13-20)16-19-10-5-2-6-11-19/h1-6,8-11,14-15,20H,7,12-13,16-17H2,(H,23,25,26). The topological polar surface area (TPSA) is 32.3 Å². The van der Waals surface area contributed by atoms with Crippen LogP contribution < -0.4 is 5.32 Å². The number of thiocarbonyl (C=S) groups is 1. The zero-order valence-electron chi connectivity index (χ0n) is 14.8. The largest absolute Gasteiger partial charge is 0.344 e. The van der Waals surface area contributed by atoms with Gasteiger partial charge in [0.15, 0.2) is 5.11 Å². The van der Waals surface area contributed by atoms with Gasteiger partial charge in [0, 0.05) is 19.2 Å². The highest BCUT2D eigenvalue weighted by molar-refractivity contribution is 7.80. The first-order valence-corrected chi connectivity index (χ1v) is 9.48. The third-order valence-corrected chi connectivity index (χ3v) is 5.02. The van der Waals surface area contributed by atoms with Crippen LogP contribution in [0.2, 0.25) is 0 Å². The lowest BCUT2D eigenvalue weighted by Gasteiger charge is -2.33. The molecule has 26 heavy (non-hydrogen) atoms. The van der Waals surface area contributed by atoms with Gasteiger partial charge in [0.25, 0.3) is 0 Å². The van der Waals surface area contributed by atoms with E-state index in [1.165, 1.54) is 30.9 Å². The number of rotatable bonds is 6. The first kappa shape index (κ1) is 18.3. The molecule has 1 amide bonds. The summed E-state index contributed by atoms with van der Waals surface area (Å²) in [7, 11) is 0. The second-order valence-corrected chi connectivity index (χ2v) is 7.09. The van der Waals surface area contributed by atoms with E-state index >= 15 is 0 Å². The molecule has 1 fully saturated rings. The molecule has 0 spiro atoms. The molecule has 0 atom stereocenters. The number of hydrogen-bond acceptors (Lipinski definition) is 2. The van der Waals surface area contributed by atoms with Gasteiger partial charge < -0.3 is 4.90 Å². The van der Waals surface area contributed by atoms with Gasteiger partial charge in [0.1, 0.15) is 0 Å². The van der Waals surface area contributed by atoms with Crippen LogP contribution in [0.3, 0.4) is 0 Å². The molecule has 0 heterocycles. The van der Waals surface area contributed by atoms with E-state index in [-0.39, 0.29) is 5.91 Å². The molecule has 2 aromatic rings. The molecule has 1 aliphatic rings. The van der Waals surface area contributed by atoms with Gasteiger partial charge in [-0.25, -0.2) is 0 Å². The number of amides is 1. The van der Waals surface area contributed by atoms with Crippen molar-refractivity contribution in [2.45, 2.75) is 25.8 Å². The Kier molecular flexibility index (Phi) is 6.56. The van der Waals surface area contributed by atoms with Gasteiger partial charge in [-0.05, 0) is 48.2 Å². The monoisotopic (exact) mass is 364 g/mol. The first-order valence-electron chi connectivity index (χ1n) is 9.07. The van der Waals surface area contributed by atoms with E-state index in [4.69, 9.17) is 12.2 Å². The Labute approximate surface area is 160 Å². The number of carbonyl (C=O) groups is 1. The average molecular weight is 365 g/mol. The van der Waals surface area contributed by atoms with E-state index in [0.717, 1.165) is 18.7 Å². The molecule has 1 N–H and O–H groups in total. The summed E-state index contributed by atoms with van der Waals surface area (Å²) in [4.78, 5) is 14.4. The third kappa shape index (κ3) is 5.53. The quantitative estimate of drug-likeness (QED) is 0.609. The molecule has 1 aliphatic carbocycles. The molecule has 3 nitrogen and oxygen atoms in total. The maximum absolute atomic E-state index is 12.2. The Hall–Kier alpha value is -2.46. The minimum Gasteiger partial charge on any atom is -0.344 e. The zero-order valence-corrected chi connectivity index (χ0v) is 15.6. The number of carbonyl (C=O) groups excluding carboxylic acids is 1. The van der Waals surface area contributed by atoms with Crippen LogP contribution in [0.4, 0.5) is 0 Å². The van der Waals surface area contributed by atoms with Crippen LogP contribution in [0, 0.1) is 5.92 Å². The van der Waals surface area contributed by atoms with Gasteiger partial charge in [0.05, 0.1) is 0 Å². The van der Waals surface area contributed by atoms with Crippen molar-refractivity contribution < 1.29 is 4.79 Å². The average Bonchev–Trinajstić information content (AvgIpc) is 2.63. The van der Waals surface area contributed by atoms with Crippen molar-refractivity contribution in [1.82, 2.24) is 10.2 Å². The maximum Gasteiger partial charge on any atom is 0.250 e. The van der Waals surface area contributed by atoms with Gasteiger partial charge in [-0.2, -0.15) is 0 Å². The molecular formula is C22H24N2OS. The second-order valence-electron chi connectivity index (χ2n) is 6.70. The van der Waals surface area contributed by atoms with Crippen LogP contribution in [0.15, 0.2) is 66.7 Å². The highest BCUT2D eigenvalue weighted by Crippen LogP contribution is 2.27. The third-order valence-electron chi connectivity index (χ3n) is 4.66. The zero-order chi connectivity index (χ0) is 18.2. The van der Waals surface area contributed by atoms with E-state index in [2.05, 4.69) is 22.3 Å². The molecule has 1 saturated carbocycles. The van der Waals surface area contributed by atoms with E-state index in [0.29, 0.717) is 11.0 Å². The van der Waals surface area contributed by atoms with Crippen molar-refractivity contribution in [3.8, 4) is 0 Å². The number of hydrogen-bond donors (Lipinski definition) is 1. The smallest absolute Gasteiger partial charge is 0.250 e. The molecule has 4 heteroatoms. The summed E-state index contributed by atoms with van der Waals surface area (Å²) < 4.78 is 0. The van der Waals surface area contributed by atoms with Crippen molar-refractivity contribution in [3.63, 3.8) is 0 Å². The van der Waals surface area contributed by atoms with Crippen LogP contribution in [-0.2, 0) is 11.3 Å². The van der Waals surface area contributed by atoms with Crippen LogP contribution in [0.1, 0.15) is 30.4 Å². The SMILES string of the molecule is O=C(C=Cc1ccccc1)NC(=S)N(Cc1ccccc1)CC1CCC1. The number of nitrogens with zero attached hydrogens (tertiary/aromatic N) is 1. The lowest BCUT2D eigenvalue weighted by molar-refractivity contribution is -0.115. The lowest BCUT2D eigenvalue weighted by Crippen LogP contribution is -2.44. The molecule has 2 aromatic carbocycles. The fourth-order valence-corrected chi connectivity index (χ4v) is 3.21. The Balaban J connectivity index is 1.60. The Morgan fingerprint density at radius 1 is 1.08 bits per heavy atom. The molecular weight excluding hydrogens is 340 g/mol. The van der Waals surface area contributed by atoms with Gasteiger partial charge in [0.2, 0.25) is 5.91 Å². The van der Waals surface area contributed by atoms with Crippen LogP contribution >= 0.6 is 12.2 Å². The van der Waals surface area contributed by atoms with Crippen molar-refractivity contribution in [3.05, 3.63) is 77.9 Å². The minimum absolute atomic E-state index is 0.189. The van der Waals surface area contributed by atoms with Crippen molar-refractivity contribution in [1.29, 1.82) is 0 Å². The molecule has 0 saturated heterocycles. The molecule has 0 aliphatic heterocycles. The van der Waals surface area contributed by atoms with Crippen molar-refractivity contribution in [2.24, 2.45) is 5.92 Å². The summed E-state index contributed by atoms with van der Waals surface area (Å²) in [5.41, 5.74) is 2.19. The molecule has 0 radical (unpaired) electrons. The molecule has 0 bridgehead atoms. The van der Waals surface area contributed by atoms with Gasteiger partial charge in [-0.1, -0.05) is 67.1 Å². The summed E-state index contributed by atoms with van der Waals surface area (Å²) in [6.07, 6.45) is 7.12. The normalized spacial score (nSPS) is 14.0. The Morgan fingerprint density at radius 2 is 1.73 bits per heavy atom.